The number of carbonyl (C=O) groups is 1. The van der Waals surface area contributed by atoms with E-state index in [-0.39, 0.29) is 11.9 Å². The van der Waals surface area contributed by atoms with Crippen LogP contribution in [-0.2, 0) is 4.79 Å². The maximum atomic E-state index is 12.3. The lowest BCUT2D eigenvalue weighted by molar-refractivity contribution is -0.124. The molecule has 5 heteroatoms. The van der Waals surface area contributed by atoms with Crippen LogP contribution in [0.1, 0.15) is 32.4 Å². The van der Waals surface area contributed by atoms with E-state index in [0.29, 0.717) is 6.54 Å². The molecule has 1 aromatic rings. The van der Waals surface area contributed by atoms with Gasteiger partial charge in [-0.25, -0.2) is 0 Å². The van der Waals surface area contributed by atoms with Gasteiger partial charge in [0.1, 0.15) is 0 Å². The number of nitrogens with one attached hydrogen (secondary N) is 1. The third-order valence-electron chi connectivity index (χ3n) is 3.84. The van der Waals surface area contributed by atoms with E-state index in [1.165, 1.54) is 5.56 Å². The van der Waals surface area contributed by atoms with Crippen molar-refractivity contribution in [2.45, 2.75) is 26.8 Å². The molecule has 0 aliphatic carbocycles. The van der Waals surface area contributed by atoms with Gasteiger partial charge in [-0.15, -0.1) is 0 Å². The standard InChI is InChI=1S/C17H20BrIN2O/c1-4-14-15(10-21(5-2)17(14)22)16(19)20-11(3)12-6-8-13(18)9-7-12/h4,6-9,11,20H,5,10H2,1-3H3/b14-4+,16-15+/t11-/m0/s1. The Kier molecular flexibility index (Phi) is 6.09. The molecule has 1 saturated heterocycles. The van der Waals surface area contributed by atoms with Gasteiger partial charge in [-0.2, -0.15) is 0 Å². The second-order valence-electron chi connectivity index (χ2n) is 5.23. The number of rotatable bonds is 4. The molecule has 0 aromatic heterocycles. The SMILES string of the molecule is C/C=C1/C(=O)N(CC)C/C1=C(/I)N[C@@H](C)c1ccc(Br)cc1. The largest absolute Gasteiger partial charge is 0.373 e. The van der Waals surface area contributed by atoms with Crippen molar-refractivity contribution in [1.82, 2.24) is 10.2 Å². The molecule has 1 aliphatic rings. The van der Waals surface area contributed by atoms with Gasteiger partial charge >= 0.3 is 0 Å². The predicted molar refractivity (Wildman–Crippen MR) is 103 cm³/mol. The summed E-state index contributed by atoms with van der Waals surface area (Å²) >= 11 is 5.76. The Morgan fingerprint density at radius 1 is 1.45 bits per heavy atom. The predicted octanol–water partition coefficient (Wildman–Crippen LogP) is 4.55. The third kappa shape index (κ3) is 3.74. The number of halogens is 2. The van der Waals surface area contributed by atoms with Crippen molar-refractivity contribution in [2.75, 3.05) is 13.1 Å². The zero-order valence-corrected chi connectivity index (χ0v) is 16.7. The molecule has 3 nitrogen and oxygen atoms in total. The lowest BCUT2D eigenvalue weighted by Gasteiger charge is -2.17. The molecule has 1 fully saturated rings. The van der Waals surface area contributed by atoms with Crippen molar-refractivity contribution in [2.24, 2.45) is 0 Å². The molecular weight excluding hydrogens is 455 g/mol. The van der Waals surface area contributed by atoms with Crippen LogP contribution < -0.4 is 5.32 Å². The highest BCUT2D eigenvalue weighted by Crippen LogP contribution is 2.29. The molecule has 1 amide bonds. The molecule has 0 unspecified atom stereocenters. The van der Waals surface area contributed by atoms with Crippen molar-refractivity contribution in [1.29, 1.82) is 0 Å². The van der Waals surface area contributed by atoms with Gasteiger partial charge in [0.05, 0.1) is 3.70 Å². The average Bonchev–Trinajstić information content (AvgIpc) is 2.83. The van der Waals surface area contributed by atoms with Crippen LogP contribution in [0.4, 0.5) is 0 Å². The summed E-state index contributed by atoms with van der Waals surface area (Å²) in [6.07, 6.45) is 1.91. The molecule has 0 saturated carbocycles. The van der Waals surface area contributed by atoms with E-state index in [0.717, 1.165) is 25.9 Å². The summed E-state index contributed by atoms with van der Waals surface area (Å²) in [5, 5.41) is 3.52. The molecule has 22 heavy (non-hydrogen) atoms. The fraction of sp³-hybridized carbons (Fsp3) is 0.353. The van der Waals surface area contributed by atoms with Gasteiger partial charge in [-0.05, 0) is 61.1 Å². The van der Waals surface area contributed by atoms with Crippen molar-refractivity contribution >= 4 is 44.4 Å². The molecule has 2 rings (SSSR count). The number of nitrogens with zero attached hydrogens (tertiary/aromatic N) is 1. The first-order chi connectivity index (χ1) is 10.5. The van der Waals surface area contributed by atoms with E-state index in [9.17, 15) is 4.79 Å². The van der Waals surface area contributed by atoms with Gasteiger partial charge in [0, 0.05) is 34.8 Å². The normalized spacial score (nSPS) is 20.5. The Balaban J connectivity index is 2.21. The monoisotopic (exact) mass is 474 g/mol. The number of hydrogen-bond acceptors (Lipinski definition) is 2. The molecule has 0 radical (unpaired) electrons. The van der Waals surface area contributed by atoms with Crippen LogP contribution in [0.15, 0.2) is 49.7 Å². The van der Waals surface area contributed by atoms with E-state index < -0.39 is 0 Å². The Labute approximate surface area is 154 Å². The van der Waals surface area contributed by atoms with Crippen LogP contribution >= 0.6 is 38.5 Å². The number of likely N-dealkylation sites (tertiary alicyclic amines) is 1. The zero-order valence-electron chi connectivity index (χ0n) is 13.0. The zero-order chi connectivity index (χ0) is 16.3. The highest BCUT2D eigenvalue weighted by atomic mass is 127. The quantitative estimate of drug-likeness (QED) is 0.394. The van der Waals surface area contributed by atoms with Crippen molar-refractivity contribution < 1.29 is 4.79 Å². The molecule has 0 bridgehead atoms. The molecule has 1 heterocycles. The second kappa shape index (κ2) is 7.64. The Morgan fingerprint density at radius 3 is 2.64 bits per heavy atom. The first-order valence-corrected chi connectivity index (χ1v) is 9.21. The van der Waals surface area contributed by atoms with Crippen LogP contribution in [0.2, 0.25) is 0 Å². The highest BCUT2D eigenvalue weighted by Gasteiger charge is 2.30. The van der Waals surface area contributed by atoms with Crippen molar-refractivity contribution in [3.8, 4) is 0 Å². The summed E-state index contributed by atoms with van der Waals surface area (Å²) in [5.74, 6) is 0.132. The smallest absolute Gasteiger partial charge is 0.254 e. The number of hydrogen-bond donors (Lipinski definition) is 1. The van der Waals surface area contributed by atoms with E-state index in [2.05, 4.69) is 62.9 Å². The minimum absolute atomic E-state index is 0.132. The Morgan fingerprint density at radius 2 is 2.09 bits per heavy atom. The van der Waals surface area contributed by atoms with E-state index in [1.54, 1.807) is 0 Å². The minimum atomic E-state index is 0.132. The highest BCUT2D eigenvalue weighted by molar-refractivity contribution is 14.1. The van der Waals surface area contributed by atoms with Gasteiger partial charge in [0.2, 0.25) is 0 Å². The summed E-state index contributed by atoms with van der Waals surface area (Å²) in [5.41, 5.74) is 3.14. The Bertz CT molecular complexity index is 622. The minimum Gasteiger partial charge on any atom is -0.373 e. The van der Waals surface area contributed by atoms with E-state index in [4.69, 9.17) is 0 Å². The van der Waals surface area contributed by atoms with E-state index >= 15 is 0 Å². The number of benzene rings is 1. The summed E-state index contributed by atoms with van der Waals surface area (Å²) in [7, 11) is 0. The van der Waals surface area contributed by atoms with Crippen LogP contribution in [-0.4, -0.2) is 23.9 Å². The summed E-state index contributed by atoms with van der Waals surface area (Å²) in [4.78, 5) is 14.1. The number of allylic oxidation sites excluding steroid dienone is 1. The average molecular weight is 475 g/mol. The molecule has 1 atom stereocenters. The second-order valence-corrected chi connectivity index (χ2v) is 7.23. The number of amides is 1. The van der Waals surface area contributed by atoms with Gasteiger partial charge in [-0.3, -0.25) is 4.79 Å². The van der Waals surface area contributed by atoms with E-state index in [1.807, 2.05) is 37.0 Å². The van der Waals surface area contributed by atoms with Crippen LogP contribution in [0.25, 0.3) is 0 Å². The van der Waals surface area contributed by atoms with Crippen molar-refractivity contribution in [3.05, 3.63) is 55.2 Å². The van der Waals surface area contributed by atoms with Crippen LogP contribution in [0.5, 0.6) is 0 Å². The maximum absolute atomic E-state index is 12.3. The third-order valence-corrected chi connectivity index (χ3v) is 5.33. The topological polar surface area (TPSA) is 32.3 Å². The molecule has 1 N–H and O–H groups in total. The fourth-order valence-electron chi connectivity index (χ4n) is 2.50. The molecular formula is C17H20BrIN2O. The van der Waals surface area contributed by atoms with Crippen molar-refractivity contribution in [3.63, 3.8) is 0 Å². The summed E-state index contributed by atoms with van der Waals surface area (Å²) in [6.45, 7) is 7.50. The first kappa shape index (κ1) is 17.5. The molecule has 118 valence electrons. The van der Waals surface area contributed by atoms with Gasteiger partial charge in [-0.1, -0.05) is 34.1 Å². The summed E-state index contributed by atoms with van der Waals surface area (Å²) < 4.78 is 2.12. The molecule has 0 spiro atoms. The number of carbonyl (C=O) groups excluding carboxylic acids is 1. The summed E-state index contributed by atoms with van der Waals surface area (Å²) in [6, 6.07) is 8.48. The maximum Gasteiger partial charge on any atom is 0.254 e. The van der Waals surface area contributed by atoms with Gasteiger partial charge < -0.3 is 10.2 Å². The van der Waals surface area contributed by atoms with Gasteiger partial charge in [0.15, 0.2) is 0 Å². The molecule has 1 aliphatic heterocycles. The Hall–Kier alpha value is -0.820. The fourth-order valence-corrected chi connectivity index (χ4v) is 3.69. The van der Waals surface area contributed by atoms with Gasteiger partial charge in [0.25, 0.3) is 5.91 Å². The number of likely N-dealkylation sites (N-methyl/N-ethyl adjacent to an activating group) is 1. The lowest BCUT2D eigenvalue weighted by Crippen LogP contribution is -2.24. The van der Waals surface area contributed by atoms with Crippen LogP contribution in [0, 0.1) is 0 Å². The lowest BCUT2D eigenvalue weighted by atomic mass is 10.1. The van der Waals surface area contributed by atoms with Crippen LogP contribution in [0.3, 0.4) is 0 Å². The first-order valence-electron chi connectivity index (χ1n) is 7.34. The molecule has 1 aromatic carbocycles.